The molecule has 2 aromatic carbocycles. The minimum atomic E-state index is -0.655. The molecule has 22 heavy (non-hydrogen) atoms. The number of anilines is 1. The maximum absolute atomic E-state index is 11.8. The van der Waals surface area contributed by atoms with E-state index in [-0.39, 0.29) is 10.6 Å². The fourth-order valence-electron chi connectivity index (χ4n) is 1.61. The van der Waals surface area contributed by atoms with Crippen LogP contribution in [0.1, 0.15) is 10.4 Å². The number of amides is 1. The number of hydrogen-bond donors (Lipinski definition) is 1. The number of ether oxygens (including phenoxy) is 1. The highest BCUT2D eigenvalue weighted by atomic mass is 79.9. The first-order chi connectivity index (χ1) is 10.5. The molecule has 7 heteroatoms. The van der Waals surface area contributed by atoms with Gasteiger partial charge in [0.2, 0.25) is 0 Å². The predicted molar refractivity (Wildman–Crippen MR) is 89.5 cm³/mol. The van der Waals surface area contributed by atoms with Gasteiger partial charge < -0.3 is 10.1 Å². The summed E-state index contributed by atoms with van der Waals surface area (Å²) in [6, 6.07) is 11.4. The highest BCUT2D eigenvalue weighted by Gasteiger charge is 2.13. The number of carbonyl (C=O) groups is 2. The van der Waals surface area contributed by atoms with Gasteiger partial charge >= 0.3 is 5.97 Å². The van der Waals surface area contributed by atoms with Gasteiger partial charge in [0.05, 0.1) is 15.6 Å². The van der Waals surface area contributed by atoms with Gasteiger partial charge in [-0.25, -0.2) is 4.79 Å². The quantitative estimate of drug-likeness (QED) is 0.763. The maximum atomic E-state index is 11.8. The van der Waals surface area contributed by atoms with E-state index in [0.29, 0.717) is 15.2 Å². The van der Waals surface area contributed by atoms with Crippen molar-refractivity contribution in [3.05, 3.63) is 62.5 Å². The summed E-state index contributed by atoms with van der Waals surface area (Å²) in [6.07, 6.45) is 0. The summed E-state index contributed by atoms with van der Waals surface area (Å²) in [5.74, 6) is -1.12. The van der Waals surface area contributed by atoms with Crippen molar-refractivity contribution >= 4 is 56.7 Å². The minimum absolute atomic E-state index is 0.214. The van der Waals surface area contributed by atoms with Crippen LogP contribution in [0.15, 0.2) is 46.9 Å². The summed E-state index contributed by atoms with van der Waals surface area (Å²) >= 11 is 15.0. The molecule has 4 nitrogen and oxygen atoms in total. The fraction of sp³-hybridized carbons (Fsp3) is 0.0667. The Balaban J connectivity index is 1.91. The van der Waals surface area contributed by atoms with Crippen molar-refractivity contribution in [1.82, 2.24) is 0 Å². The molecule has 0 fully saturated rings. The third-order valence-corrected chi connectivity index (χ3v) is 4.18. The SMILES string of the molecule is O=C(COC(=O)c1ccccc1Cl)Nc1ccc(Cl)c(Br)c1. The van der Waals surface area contributed by atoms with Crippen molar-refractivity contribution in [2.75, 3.05) is 11.9 Å². The third-order valence-electron chi connectivity index (χ3n) is 2.63. The number of nitrogens with one attached hydrogen (secondary N) is 1. The molecule has 0 radical (unpaired) electrons. The second-order valence-electron chi connectivity index (χ2n) is 4.23. The first-order valence-corrected chi connectivity index (χ1v) is 7.69. The number of hydrogen-bond acceptors (Lipinski definition) is 3. The van der Waals surface area contributed by atoms with Gasteiger partial charge in [0.15, 0.2) is 6.61 Å². The van der Waals surface area contributed by atoms with E-state index in [1.807, 2.05) is 0 Å². The Labute approximate surface area is 145 Å². The molecule has 0 bridgehead atoms. The second kappa shape index (κ2) is 7.63. The van der Waals surface area contributed by atoms with Gasteiger partial charge in [0.1, 0.15) is 0 Å². The van der Waals surface area contributed by atoms with Crippen molar-refractivity contribution in [1.29, 1.82) is 0 Å². The topological polar surface area (TPSA) is 55.4 Å². The van der Waals surface area contributed by atoms with Crippen LogP contribution in [0.3, 0.4) is 0 Å². The zero-order valence-electron chi connectivity index (χ0n) is 11.1. The van der Waals surface area contributed by atoms with E-state index in [1.165, 1.54) is 6.07 Å². The molecule has 0 unspecified atom stereocenters. The van der Waals surface area contributed by atoms with Gasteiger partial charge in [0, 0.05) is 10.2 Å². The molecule has 0 aromatic heterocycles. The van der Waals surface area contributed by atoms with E-state index in [4.69, 9.17) is 27.9 Å². The van der Waals surface area contributed by atoms with E-state index < -0.39 is 18.5 Å². The van der Waals surface area contributed by atoms with E-state index in [1.54, 1.807) is 36.4 Å². The van der Waals surface area contributed by atoms with Crippen LogP contribution in [0.5, 0.6) is 0 Å². The summed E-state index contributed by atoms with van der Waals surface area (Å²) in [5.41, 5.74) is 0.751. The Morgan fingerprint density at radius 1 is 1.09 bits per heavy atom. The van der Waals surface area contributed by atoms with Crippen LogP contribution in [0.25, 0.3) is 0 Å². The summed E-state index contributed by atoms with van der Waals surface area (Å²) in [7, 11) is 0. The minimum Gasteiger partial charge on any atom is -0.452 e. The zero-order chi connectivity index (χ0) is 16.1. The Morgan fingerprint density at radius 2 is 1.82 bits per heavy atom. The molecule has 0 aliphatic carbocycles. The Kier molecular flexibility index (Phi) is 5.83. The largest absolute Gasteiger partial charge is 0.452 e. The number of esters is 1. The van der Waals surface area contributed by atoms with E-state index in [2.05, 4.69) is 21.2 Å². The zero-order valence-corrected chi connectivity index (χ0v) is 14.2. The summed E-state index contributed by atoms with van der Waals surface area (Å²) < 4.78 is 5.58. The summed E-state index contributed by atoms with van der Waals surface area (Å²) in [4.78, 5) is 23.6. The summed E-state index contributed by atoms with van der Waals surface area (Å²) in [6.45, 7) is -0.412. The average molecular weight is 403 g/mol. The van der Waals surface area contributed by atoms with Crippen molar-refractivity contribution < 1.29 is 14.3 Å². The van der Waals surface area contributed by atoms with Crippen molar-refractivity contribution in [2.24, 2.45) is 0 Å². The first kappa shape index (κ1) is 16.8. The van der Waals surface area contributed by atoms with E-state index >= 15 is 0 Å². The highest BCUT2D eigenvalue weighted by Crippen LogP contribution is 2.25. The first-order valence-electron chi connectivity index (χ1n) is 6.14. The second-order valence-corrected chi connectivity index (χ2v) is 5.90. The van der Waals surface area contributed by atoms with Gasteiger partial charge in [-0.05, 0) is 46.3 Å². The van der Waals surface area contributed by atoms with Crippen LogP contribution in [-0.2, 0) is 9.53 Å². The predicted octanol–water partition coefficient (Wildman–Crippen LogP) is 4.55. The number of carbonyl (C=O) groups excluding carboxylic acids is 2. The lowest BCUT2D eigenvalue weighted by Crippen LogP contribution is -2.21. The smallest absolute Gasteiger partial charge is 0.340 e. The van der Waals surface area contributed by atoms with Crippen LogP contribution >= 0.6 is 39.1 Å². The number of benzene rings is 2. The van der Waals surface area contributed by atoms with E-state index in [0.717, 1.165) is 0 Å². The maximum Gasteiger partial charge on any atom is 0.340 e. The molecule has 1 N–H and O–H groups in total. The summed E-state index contributed by atoms with van der Waals surface area (Å²) in [5, 5.41) is 3.40. The molecule has 0 aliphatic heterocycles. The van der Waals surface area contributed by atoms with Gasteiger partial charge in [-0.1, -0.05) is 35.3 Å². The molecule has 1 amide bonds. The van der Waals surface area contributed by atoms with Gasteiger partial charge in [0.25, 0.3) is 5.91 Å². The van der Waals surface area contributed by atoms with Gasteiger partial charge in [-0.3, -0.25) is 4.79 Å². The van der Waals surface area contributed by atoms with Crippen LogP contribution < -0.4 is 5.32 Å². The van der Waals surface area contributed by atoms with Crippen molar-refractivity contribution in [3.63, 3.8) is 0 Å². The standard InChI is InChI=1S/C15H10BrCl2NO3/c16-11-7-9(5-6-13(11)18)19-14(20)8-22-15(21)10-3-1-2-4-12(10)17/h1-7H,8H2,(H,19,20). The number of rotatable bonds is 4. The normalized spacial score (nSPS) is 10.1. The molecule has 0 aliphatic rings. The molecule has 0 saturated heterocycles. The van der Waals surface area contributed by atoms with Crippen LogP contribution in [-0.4, -0.2) is 18.5 Å². The molecule has 0 spiro atoms. The fourth-order valence-corrected chi connectivity index (χ4v) is 2.32. The average Bonchev–Trinajstić information content (AvgIpc) is 2.49. The Morgan fingerprint density at radius 3 is 2.50 bits per heavy atom. The molecular formula is C15H10BrCl2NO3. The Bertz CT molecular complexity index is 722. The third kappa shape index (κ3) is 4.47. The van der Waals surface area contributed by atoms with Crippen molar-refractivity contribution in [3.8, 4) is 0 Å². The monoisotopic (exact) mass is 401 g/mol. The van der Waals surface area contributed by atoms with Crippen LogP contribution in [0.2, 0.25) is 10.0 Å². The lowest BCUT2D eigenvalue weighted by Gasteiger charge is -2.08. The van der Waals surface area contributed by atoms with E-state index in [9.17, 15) is 9.59 Å². The lowest BCUT2D eigenvalue weighted by atomic mass is 10.2. The van der Waals surface area contributed by atoms with Gasteiger partial charge in [-0.2, -0.15) is 0 Å². The number of halogens is 3. The van der Waals surface area contributed by atoms with Crippen LogP contribution in [0.4, 0.5) is 5.69 Å². The molecule has 114 valence electrons. The molecule has 0 atom stereocenters. The van der Waals surface area contributed by atoms with Gasteiger partial charge in [-0.15, -0.1) is 0 Å². The lowest BCUT2D eigenvalue weighted by molar-refractivity contribution is -0.119. The molecule has 2 aromatic rings. The Hall–Kier alpha value is -1.56. The molecule has 0 heterocycles. The molecule has 0 saturated carbocycles. The van der Waals surface area contributed by atoms with Crippen molar-refractivity contribution in [2.45, 2.75) is 0 Å². The molecular weight excluding hydrogens is 393 g/mol. The molecule has 2 rings (SSSR count). The van der Waals surface area contributed by atoms with Crippen LogP contribution in [0, 0.1) is 0 Å². The highest BCUT2D eigenvalue weighted by molar-refractivity contribution is 9.10.